The van der Waals surface area contributed by atoms with Crippen LogP contribution in [0.25, 0.3) is 0 Å². The van der Waals surface area contributed by atoms with Crippen LogP contribution < -0.4 is 10.1 Å². The Balaban J connectivity index is 1.77. The van der Waals surface area contributed by atoms with Crippen LogP contribution in [-0.4, -0.2) is 49.4 Å². The molecule has 0 aliphatic carbocycles. The van der Waals surface area contributed by atoms with Crippen LogP contribution in [0.3, 0.4) is 0 Å². The van der Waals surface area contributed by atoms with E-state index < -0.39 is 18.9 Å². The molecule has 1 aliphatic rings. The van der Waals surface area contributed by atoms with E-state index in [2.05, 4.69) is 10.1 Å². The number of carbonyl (C=O) groups excluding carboxylic acids is 2. The maximum atomic E-state index is 12.3. The molecule has 0 spiro atoms. The number of piperidine rings is 1. The predicted octanol–water partition coefficient (Wildman–Crippen LogP) is 2.94. The first kappa shape index (κ1) is 20.4. The number of nitrogens with one attached hydrogen (secondary N) is 1. The number of nitriles is 1. The Hall–Kier alpha value is -2.96. The summed E-state index contributed by atoms with van der Waals surface area (Å²) in [6.07, 6.45) is -4.94. The van der Waals surface area contributed by atoms with Crippen molar-refractivity contribution in [3.05, 3.63) is 24.3 Å². The van der Waals surface area contributed by atoms with Crippen LogP contribution in [0.1, 0.15) is 12.8 Å². The normalized spacial score (nSPS) is 15.0. The summed E-state index contributed by atoms with van der Waals surface area (Å²) in [5.74, 6) is -0.0876. The fraction of sp³-hybridized carbons (Fsp3) is 0.471. The van der Waals surface area contributed by atoms with Crippen LogP contribution in [0, 0.1) is 17.2 Å². The number of rotatable bonds is 5. The van der Waals surface area contributed by atoms with Crippen molar-refractivity contribution in [2.75, 3.05) is 31.6 Å². The smallest absolute Gasteiger partial charge is 0.422 e. The van der Waals surface area contributed by atoms with Gasteiger partial charge in [0.25, 0.3) is 0 Å². The summed E-state index contributed by atoms with van der Waals surface area (Å²) in [6, 6.07) is 8.35. The Morgan fingerprint density at radius 3 is 2.41 bits per heavy atom. The predicted molar refractivity (Wildman–Crippen MR) is 87.9 cm³/mol. The van der Waals surface area contributed by atoms with Crippen molar-refractivity contribution >= 4 is 17.7 Å². The van der Waals surface area contributed by atoms with Gasteiger partial charge in [-0.05, 0) is 37.1 Å². The first-order valence-corrected chi connectivity index (χ1v) is 8.17. The molecule has 1 fully saturated rings. The van der Waals surface area contributed by atoms with Crippen molar-refractivity contribution in [3.8, 4) is 11.8 Å². The molecule has 2 rings (SSSR count). The molecule has 1 aromatic carbocycles. The molecule has 2 amide bonds. The number of benzene rings is 1. The molecule has 0 bridgehead atoms. The second-order valence-electron chi connectivity index (χ2n) is 5.89. The molecule has 7 nitrogen and oxygen atoms in total. The highest BCUT2D eigenvalue weighted by atomic mass is 19.4. The molecular weight excluding hydrogens is 367 g/mol. The summed E-state index contributed by atoms with van der Waals surface area (Å²) in [6.45, 7) is -1.40. The Kier molecular flexibility index (Phi) is 6.87. The summed E-state index contributed by atoms with van der Waals surface area (Å²) in [4.78, 5) is 25.0. The molecule has 10 heteroatoms. The molecule has 27 heavy (non-hydrogen) atoms. The van der Waals surface area contributed by atoms with E-state index in [9.17, 15) is 22.8 Å². The Bertz CT molecular complexity index is 693. The molecule has 1 saturated heterocycles. The van der Waals surface area contributed by atoms with Gasteiger partial charge in [-0.25, -0.2) is 4.79 Å². The number of halogens is 3. The van der Waals surface area contributed by atoms with Crippen LogP contribution in [0.4, 0.5) is 23.7 Å². The number of likely N-dealkylation sites (tertiary alicyclic amines) is 1. The number of hydrogen-bond acceptors (Lipinski definition) is 5. The minimum Gasteiger partial charge on any atom is -0.479 e. The van der Waals surface area contributed by atoms with E-state index in [4.69, 9.17) is 10.00 Å². The maximum absolute atomic E-state index is 12.3. The van der Waals surface area contributed by atoms with Crippen LogP contribution >= 0.6 is 0 Å². The van der Waals surface area contributed by atoms with Gasteiger partial charge >= 0.3 is 12.3 Å². The third-order valence-electron chi connectivity index (χ3n) is 3.91. The van der Waals surface area contributed by atoms with Gasteiger partial charge in [0, 0.05) is 24.7 Å². The van der Waals surface area contributed by atoms with E-state index in [0.29, 0.717) is 24.3 Å². The third-order valence-corrected chi connectivity index (χ3v) is 3.91. The first-order chi connectivity index (χ1) is 12.8. The van der Waals surface area contributed by atoms with E-state index in [1.807, 2.05) is 6.07 Å². The zero-order chi connectivity index (χ0) is 19.9. The summed E-state index contributed by atoms with van der Waals surface area (Å²) < 4.78 is 45.5. The second kappa shape index (κ2) is 9.12. The molecule has 0 aromatic heterocycles. The summed E-state index contributed by atoms with van der Waals surface area (Å²) >= 11 is 0. The molecule has 1 aromatic rings. The monoisotopic (exact) mass is 385 g/mol. The number of carbonyl (C=O) groups is 2. The standard InChI is InChI=1S/C17H18F3N3O4/c18-17(19,20)11-27-16(25)23-8-5-12(6-9-23)15(24)22-13-1-3-14(4-2-13)26-10-7-21/h1-4,12H,5-6,8-11H2,(H,22,24). The number of amides is 2. The van der Waals surface area contributed by atoms with E-state index in [-0.39, 0.29) is 31.5 Å². The lowest BCUT2D eigenvalue weighted by Gasteiger charge is -2.30. The lowest BCUT2D eigenvalue weighted by atomic mass is 9.96. The fourth-order valence-corrected chi connectivity index (χ4v) is 2.55. The largest absolute Gasteiger partial charge is 0.479 e. The molecule has 1 aliphatic heterocycles. The van der Waals surface area contributed by atoms with Gasteiger partial charge in [-0.2, -0.15) is 18.4 Å². The molecular formula is C17H18F3N3O4. The van der Waals surface area contributed by atoms with Crippen LogP contribution in [0.15, 0.2) is 24.3 Å². The van der Waals surface area contributed by atoms with Gasteiger partial charge in [-0.15, -0.1) is 0 Å². The minimum atomic E-state index is -4.57. The van der Waals surface area contributed by atoms with Gasteiger partial charge in [0.2, 0.25) is 5.91 Å². The lowest BCUT2D eigenvalue weighted by Crippen LogP contribution is -2.42. The molecule has 1 heterocycles. The molecule has 0 atom stereocenters. The molecule has 0 radical (unpaired) electrons. The van der Waals surface area contributed by atoms with Crippen molar-refractivity contribution in [2.24, 2.45) is 5.92 Å². The van der Waals surface area contributed by atoms with E-state index in [0.717, 1.165) is 4.90 Å². The molecule has 146 valence electrons. The van der Waals surface area contributed by atoms with Crippen molar-refractivity contribution < 1.29 is 32.2 Å². The first-order valence-electron chi connectivity index (χ1n) is 8.17. The number of hydrogen-bond donors (Lipinski definition) is 1. The molecule has 0 saturated carbocycles. The van der Waals surface area contributed by atoms with Crippen LogP contribution in [0.5, 0.6) is 5.75 Å². The number of alkyl halides is 3. The zero-order valence-corrected chi connectivity index (χ0v) is 14.3. The number of ether oxygens (including phenoxy) is 2. The quantitative estimate of drug-likeness (QED) is 0.841. The SMILES string of the molecule is N#CCOc1ccc(NC(=O)C2CCN(C(=O)OCC(F)(F)F)CC2)cc1. The summed E-state index contributed by atoms with van der Waals surface area (Å²) in [5, 5.41) is 11.2. The minimum absolute atomic E-state index is 0.0737. The third kappa shape index (κ3) is 6.69. The van der Waals surface area contributed by atoms with Crippen molar-refractivity contribution in [1.82, 2.24) is 4.90 Å². The summed E-state index contributed by atoms with van der Waals surface area (Å²) in [5.41, 5.74) is 0.552. The van der Waals surface area contributed by atoms with E-state index >= 15 is 0 Å². The number of anilines is 1. The van der Waals surface area contributed by atoms with E-state index in [1.54, 1.807) is 24.3 Å². The van der Waals surface area contributed by atoms with Gasteiger partial charge in [-0.1, -0.05) is 0 Å². The Morgan fingerprint density at radius 2 is 1.85 bits per heavy atom. The highest BCUT2D eigenvalue weighted by molar-refractivity contribution is 5.92. The van der Waals surface area contributed by atoms with Gasteiger partial charge in [0.05, 0.1) is 0 Å². The zero-order valence-electron chi connectivity index (χ0n) is 14.3. The number of nitrogens with zero attached hydrogens (tertiary/aromatic N) is 2. The maximum Gasteiger partial charge on any atom is 0.422 e. The van der Waals surface area contributed by atoms with E-state index in [1.165, 1.54) is 0 Å². The average Bonchev–Trinajstić information content (AvgIpc) is 2.65. The topological polar surface area (TPSA) is 91.7 Å². The van der Waals surface area contributed by atoms with Crippen LogP contribution in [0.2, 0.25) is 0 Å². The Labute approximate surface area is 153 Å². The highest BCUT2D eigenvalue weighted by Gasteiger charge is 2.32. The van der Waals surface area contributed by atoms with Gasteiger partial charge in [0.15, 0.2) is 13.2 Å². The lowest BCUT2D eigenvalue weighted by molar-refractivity contribution is -0.162. The van der Waals surface area contributed by atoms with Crippen molar-refractivity contribution in [3.63, 3.8) is 0 Å². The highest BCUT2D eigenvalue weighted by Crippen LogP contribution is 2.22. The second-order valence-corrected chi connectivity index (χ2v) is 5.89. The van der Waals surface area contributed by atoms with Crippen molar-refractivity contribution in [1.29, 1.82) is 5.26 Å². The Morgan fingerprint density at radius 1 is 1.22 bits per heavy atom. The fourth-order valence-electron chi connectivity index (χ4n) is 2.55. The van der Waals surface area contributed by atoms with Gasteiger partial charge in [0.1, 0.15) is 11.8 Å². The van der Waals surface area contributed by atoms with Gasteiger partial charge in [-0.3, -0.25) is 4.79 Å². The average molecular weight is 385 g/mol. The van der Waals surface area contributed by atoms with Gasteiger partial charge < -0.3 is 19.7 Å². The van der Waals surface area contributed by atoms with Crippen LogP contribution in [-0.2, 0) is 9.53 Å². The molecule has 0 unspecified atom stereocenters. The molecule has 1 N–H and O–H groups in total. The van der Waals surface area contributed by atoms with Crippen molar-refractivity contribution in [2.45, 2.75) is 19.0 Å². The summed E-state index contributed by atoms with van der Waals surface area (Å²) in [7, 11) is 0.